The summed E-state index contributed by atoms with van der Waals surface area (Å²) in [5.74, 6) is 2.75. The summed E-state index contributed by atoms with van der Waals surface area (Å²) < 4.78 is 6.26. The van der Waals surface area contributed by atoms with E-state index in [9.17, 15) is 5.11 Å². The Labute approximate surface area is 191 Å². The van der Waals surface area contributed by atoms with E-state index in [2.05, 4.69) is 34.6 Å². The van der Waals surface area contributed by atoms with Gasteiger partial charge in [-0.3, -0.25) is 0 Å². The van der Waals surface area contributed by atoms with Crippen LogP contribution in [0.25, 0.3) is 0 Å². The van der Waals surface area contributed by atoms with Crippen molar-refractivity contribution in [2.45, 2.75) is 118 Å². The van der Waals surface area contributed by atoms with E-state index in [1.165, 1.54) is 70.6 Å². The quantitative estimate of drug-likeness (QED) is 0.442. The van der Waals surface area contributed by atoms with Crippen LogP contribution in [0.4, 0.5) is 0 Å². The minimum atomic E-state index is -0.890. The molecule has 0 aromatic carbocycles. The second-order valence-corrected chi connectivity index (χ2v) is 14.8. The van der Waals surface area contributed by atoms with Crippen LogP contribution in [0.15, 0.2) is 0 Å². The van der Waals surface area contributed by atoms with Gasteiger partial charge in [0, 0.05) is 11.3 Å². The molecule has 5 aliphatic carbocycles. The van der Waals surface area contributed by atoms with Crippen LogP contribution >= 0.6 is 0 Å². The van der Waals surface area contributed by atoms with Crippen molar-refractivity contribution in [3.63, 3.8) is 0 Å². The highest BCUT2D eigenvalue weighted by Crippen LogP contribution is 2.78. The highest BCUT2D eigenvalue weighted by atomic mass is 16.6. The summed E-state index contributed by atoms with van der Waals surface area (Å²) in [7, 11) is 0. The van der Waals surface area contributed by atoms with Crippen LogP contribution in [-0.2, 0) is 4.74 Å². The minimum absolute atomic E-state index is 0.345. The predicted octanol–water partition coefficient (Wildman–Crippen LogP) is 7.20. The molecule has 10 atom stereocenters. The van der Waals surface area contributed by atoms with Crippen LogP contribution in [0, 0.1) is 56.7 Å². The molecule has 1 heterocycles. The maximum absolute atomic E-state index is 11.0. The zero-order valence-corrected chi connectivity index (χ0v) is 21.2. The third-order valence-electron chi connectivity index (χ3n) is 13.7. The van der Waals surface area contributed by atoms with Gasteiger partial charge in [0.05, 0.1) is 6.61 Å². The van der Waals surface area contributed by atoms with Crippen molar-refractivity contribution in [3.8, 4) is 0 Å². The molecule has 5 saturated carbocycles. The molecule has 0 spiro atoms. The van der Waals surface area contributed by atoms with Gasteiger partial charge in [0.15, 0.2) is 5.79 Å². The Bertz CT molecular complexity index is 771. The molecule has 6 fully saturated rings. The SMILES string of the molecule is CC1(C)CCC[C@@]2(C)C1CC[C@]1(C)C2CCC2C34CCC([C@@H]3CCC21C)C(C)(O)OC4. The van der Waals surface area contributed by atoms with E-state index in [1.807, 2.05) is 6.92 Å². The molecule has 1 saturated heterocycles. The molecule has 2 heteroatoms. The van der Waals surface area contributed by atoms with Crippen LogP contribution in [0.1, 0.15) is 112 Å². The van der Waals surface area contributed by atoms with Crippen LogP contribution in [0.5, 0.6) is 0 Å². The summed E-state index contributed by atoms with van der Waals surface area (Å²) in [6.45, 7) is 16.1. The summed E-state index contributed by atoms with van der Waals surface area (Å²) in [5, 5.41) is 11.0. The van der Waals surface area contributed by atoms with E-state index in [0.717, 1.165) is 24.4 Å². The first-order valence-electron chi connectivity index (χ1n) is 13.8. The van der Waals surface area contributed by atoms with Gasteiger partial charge in [0.25, 0.3) is 0 Å². The third-order valence-corrected chi connectivity index (χ3v) is 13.7. The van der Waals surface area contributed by atoms with E-state index in [1.54, 1.807) is 0 Å². The first kappa shape index (κ1) is 21.5. The van der Waals surface area contributed by atoms with Gasteiger partial charge in [-0.05, 0) is 116 Å². The summed E-state index contributed by atoms with van der Waals surface area (Å²) in [6, 6.07) is 0. The van der Waals surface area contributed by atoms with Crippen molar-refractivity contribution < 1.29 is 9.84 Å². The Morgan fingerprint density at radius 2 is 1.29 bits per heavy atom. The van der Waals surface area contributed by atoms with Crippen molar-refractivity contribution >= 4 is 0 Å². The molecule has 2 nitrogen and oxygen atoms in total. The fraction of sp³-hybridized carbons (Fsp3) is 1.00. The van der Waals surface area contributed by atoms with Crippen LogP contribution < -0.4 is 0 Å². The molecule has 0 aromatic heterocycles. The number of aliphatic hydroxyl groups is 1. The van der Waals surface area contributed by atoms with Crippen LogP contribution in [0.3, 0.4) is 0 Å². The van der Waals surface area contributed by atoms with Gasteiger partial charge >= 0.3 is 0 Å². The van der Waals surface area contributed by atoms with Gasteiger partial charge < -0.3 is 9.84 Å². The average Bonchev–Trinajstić information content (AvgIpc) is 3.00. The van der Waals surface area contributed by atoms with Crippen LogP contribution in [0.2, 0.25) is 0 Å². The van der Waals surface area contributed by atoms with E-state index >= 15 is 0 Å². The normalized spacial score (nSPS) is 62.2. The zero-order chi connectivity index (χ0) is 22.1. The average molecular weight is 429 g/mol. The monoisotopic (exact) mass is 428 g/mol. The molecular weight excluding hydrogens is 380 g/mol. The number of fused-ring (bicyclic) bond motifs is 5. The molecule has 1 N–H and O–H groups in total. The predicted molar refractivity (Wildman–Crippen MR) is 125 cm³/mol. The smallest absolute Gasteiger partial charge is 0.165 e. The standard InChI is InChI=1S/C29H48O2/c1-24(2)13-7-14-25(3)21(24)12-16-26(4)22(25)8-9-23-27(26,5)15-10-20-19-11-17-29(20,23)18-31-28(19,6)30/h19-23,30H,7-18H2,1-6H3/t19?,20-,21?,22?,23?,25-,26+,27?,28?,29?/m0/s1. The first-order valence-corrected chi connectivity index (χ1v) is 13.8. The number of rotatable bonds is 0. The molecule has 6 rings (SSSR count). The van der Waals surface area contributed by atoms with Crippen molar-refractivity contribution in [1.82, 2.24) is 0 Å². The molecule has 0 amide bonds. The second kappa shape index (κ2) is 6.12. The van der Waals surface area contributed by atoms with Crippen LogP contribution in [-0.4, -0.2) is 17.5 Å². The van der Waals surface area contributed by atoms with Gasteiger partial charge in [-0.2, -0.15) is 0 Å². The Kier molecular flexibility index (Phi) is 4.24. The highest BCUT2D eigenvalue weighted by molar-refractivity contribution is 5.20. The fourth-order valence-corrected chi connectivity index (χ4v) is 12.3. The van der Waals surface area contributed by atoms with E-state index < -0.39 is 5.79 Å². The number of ether oxygens (including phenoxy) is 1. The first-order chi connectivity index (χ1) is 14.4. The van der Waals surface area contributed by atoms with Gasteiger partial charge in [0.1, 0.15) is 0 Å². The third kappa shape index (κ3) is 2.38. The molecule has 31 heavy (non-hydrogen) atoms. The van der Waals surface area contributed by atoms with E-state index in [4.69, 9.17) is 4.74 Å². The maximum atomic E-state index is 11.0. The van der Waals surface area contributed by atoms with Gasteiger partial charge in [0.2, 0.25) is 0 Å². The van der Waals surface area contributed by atoms with Gasteiger partial charge in [-0.1, -0.05) is 41.0 Å². The summed E-state index contributed by atoms with van der Waals surface area (Å²) in [5.41, 5.74) is 2.29. The lowest BCUT2D eigenvalue weighted by molar-refractivity contribution is -0.316. The fourth-order valence-electron chi connectivity index (χ4n) is 12.3. The Balaban J connectivity index is 1.39. The van der Waals surface area contributed by atoms with Crippen molar-refractivity contribution in [3.05, 3.63) is 0 Å². The molecule has 6 aliphatic rings. The molecule has 0 aromatic rings. The summed E-state index contributed by atoms with van der Waals surface area (Å²) >= 11 is 0. The molecule has 1 aliphatic heterocycles. The van der Waals surface area contributed by atoms with Gasteiger partial charge in [-0.25, -0.2) is 0 Å². The lowest BCUT2D eigenvalue weighted by atomic mass is 9.32. The van der Waals surface area contributed by atoms with Crippen molar-refractivity contribution in [1.29, 1.82) is 0 Å². The van der Waals surface area contributed by atoms with E-state index in [-0.39, 0.29) is 0 Å². The minimum Gasteiger partial charge on any atom is -0.365 e. The topological polar surface area (TPSA) is 29.5 Å². The number of hydrogen-bond acceptors (Lipinski definition) is 2. The molecule has 2 bridgehead atoms. The lowest BCUT2D eigenvalue weighted by Gasteiger charge is -2.73. The Hall–Kier alpha value is -0.0800. The molecular formula is C29H48O2. The van der Waals surface area contributed by atoms with E-state index in [0.29, 0.717) is 38.9 Å². The Morgan fingerprint density at radius 1 is 0.645 bits per heavy atom. The summed E-state index contributed by atoms with van der Waals surface area (Å²) in [4.78, 5) is 0. The summed E-state index contributed by atoms with van der Waals surface area (Å²) in [6.07, 6.45) is 15.3. The second-order valence-electron chi connectivity index (χ2n) is 14.8. The Morgan fingerprint density at radius 3 is 2.06 bits per heavy atom. The molecule has 0 radical (unpaired) electrons. The highest BCUT2D eigenvalue weighted by Gasteiger charge is 2.73. The lowest BCUT2D eigenvalue weighted by Crippen LogP contribution is -2.68. The largest absolute Gasteiger partial charge is 0.365 e. The van der Waals surface area contributed by atoms with Gasteiger partial charge in [-0.15, -0.1) is 0 Å². The molecule has 176 valence electrons. The number of hydrogen-bond donors (Lipinski definition) is 1. The van der Waals surface area contributed by atoms with Crippen molar-refractivity contribution in [2.24, 2.45) is 56.7 Å². The van der Waals surface area contributed by atoms with Crippen molar-refractivity contribution in [2.75, 3.05) is 6.61 Å². The zero-order valence-electron chi connectivity index (χ0n) is 21.2. The maximum Gasteiger partial charge on any atom is 0.165 e. The molecule has 7 unspecified atom stereocenters.